The zero-order chi connectivity index (χ0) is 14.5. The lowest BCUT2D eigenvalue weighted by molar-refractivity contribution is -0.137. The molecule has 0 aliphatic rings. The Morgan fingerprint density at radius 2 is 2.20 bits per heavy atom. The third kappa shape index (κ3) is 3.57. The van der Waals surface area contributed by atoms with E-state index in [0.717, 1.165) is 11.3 Å². The molecule has 0 bridgehead atoms. The monoisotopic (exact) mass is 275 g/mol. The fraction of sp³-hybridized carbons (Fsp3) is 0.357. The number of carboxylic acids is 1. The van der Waals surface area contributed by atoms with E-state index in [2.05, 4.69) is 15.5 Å². The van der Waals surface area contributed by atoms with Crippen LogP contribution >= 0.6 is 0 Å². The second-order valence-corrected chi connectivity index (χ2v) is 4.67. The van der Waals surface area contributed by atoms with Crippen molar-refractivity contribution < 1.29 is 14.4 Å². The van der Waals surface area contributed by atoms with Crippen LogP contribution in [0.2, 0.25) is 0 Å². The Morgan fingerprint density at radius 3 is 2.85 bits per heavy atom. The Balaban J connectivity index is 2.14. The minimum absolute atomic E-state index is 0.0382. The highest BCUT2D eigenvalue weighted by atomic mass is 16.5. The predicted octanol–water partition coefficient (Wildman–Crippen LogP) is 2.71. The number of carbonyl (C=O) groups is 1. The van der Waals surface area contributed by atoms with Crippen LogP contribution in [-0.2, 0) is 4.79 Å². The average Bonchev–Trinajstić information content (AvgIpc) is 2.83. The third-order valence-corrected chi connectivity index (χ3v) is 2.88. The molecule has 2 rings (SSSR count). The van der Waals surface area contributed by atoms with E-state index in [4.69, 9.17) is 9.63 Å². The molecule has 1 unspecified atom stereocenters. The van der Waals surface area contributed by atoms with Gasteiger partial charge in [-0.2, -0.15) is 4.98 Å². The summed E-state index contributed by atoms with van der Waals surface area (Å²) in [6.07, 6.45) is 0.683. The van der Waals surface area contributed by atoms with E-state index in [1.54, 1.807) is 6.92 Å². The molecule has 106 valence electrons. The van der Waals surface area contributed by atoms with E-state index in [1.165, 1.54) is 0 Å². The maximum Gasteiger partial charge on any atom is 0.303 e. The summed E-state index contributed by atoms with van der Waals surface area (Å²) in [7, 11) is 0. The molecule has 2 aromatic rings. The summed E-state index contributed by atoms with van der Waals surface area (Å²) in [5.41, 5.74) is 1.67. The van der Waals surface area contributed by atoms with Crippen molar-refractivity contribution in [3.8, 4) is 11.5 Å². The molecule has 1 aromatic heterocycles. The van der Waals surface area contributed by atoms with Crippen molar-refractivity contribution in [1.82, 2.24) is 10.1 Å². The van der Waals surface area contributed by atoms with Crippen molar-refractivity contribution in [2.24, 2.45) is 0 Å². The number of benzene rings is 1. The molecule has 0 aliphatic heterocycles. The molecule has 1 heterocycles. The van der Waals surface area contributed by atoms with Crippen LogP contribution in [0.5, 0.6) is 0 Å². The van der Waals surface area contributed by atoms with Crippen LogP contribution in [0, 0.1) is 6.92 Å². The molecule has 0 aliphatic carbocycles. The number of aliphatic carboxylic acids is 1. The lowest BCUT2D eigenvalue weighted by Gasteiger charge is -2.16. The largest absolute Gasteiger partial charge is 0.481 e. The van der Waals surface area contributed by atoms with Crippen LogP contribution in [0.15, 0.2) is 28.8 Å². The van der Waals surface area contributed by atoms with Gasteiger partial charge < -0.3 is 14.9 Å². The quantitative estimate of drug-likeness (QED) is 0.842. The van der Waals surface area contributed by atoms with E-state index in [1.807, 2.05) is 31.2 Å². The first-order chi connectivity index (χ1) is 9.56. The van der Waals surface area contributed by atoms with Crippen molar-refractivity contribution in [2.75, 3.05) is 5.32 Å². The summed E-state index contributed by atoms with van der Waals surface area (Å²) in [6, 6.07) is 7.63. The number of nitrogens with one attached hydrogen (secondary N) is 1. The molecule has 0 spiro atoms. The summed E-state index contributed by atoms with van der Waals surface area (Å²) in [5, 5.41) is 15.8. The third-order valence-electron chi connectivity index (χ3n) is 2.88. The number of para-hydroxylation sites is 1. The van der Waals surface area contributed by atoms with E-state index in [-0.39, 0.29) is 12.5 Å². The number of carboxylic acid groups (broad SMARTS) is 1. The maximum absolute atomic E-state index is 10.6. The van der Waals surface area contributed by atoms with Gasteiger partial charge in [0.15, 0.2) is 5.82 Å². The zero-order valence-electron chi connectivity index (χ0n) is 11.5. The number of anilines is 1. The predicted molar refractivity (Wildman–Crippen MR) is 74.4 cm³/mol. The van der Waals surface area contributed by atoms with Gasteiger partial charge in [-0.3, -0.25) is 4.79 Å². The summed E-state index contributed by atoms with van der Waals surface area (Å²) in [4.78, 5) is 14.8. The summed E-state index contributed by atoms with van der Waals surface area (Å²) >= 11 is 0. The van der Waals surface area contributed by atoms with Gasteiger partial charge in [0.25, 0.3) is 5.89 Å². The highest BCUT2D eigenvalue weighted by molar-refractivity contribution is 5.72. The van der Waals surface area contributed by atoms with E-state index < -0.39 is 5.97 Å². The van der Waals surface area contributed by atoms with E-state index in [9.17, 15) is 4.79 Å². The molecule has 0 saturated carbocycles. The van der Waals surface area contributed by atoms with Gasteiger partial charge in [-0.15, -0.1) is 0 Å². The van der Waals surface area contributed by atoms with Crippen molar-refractivity contribution in [3.63, 3.8) is 0 Å². The van der Waals surface area contributed by atoms with Crippen LogP contribution < -0.4 is 5.32 Å². The fourth-order valence-corrected chi connectivity index (χ4v) is 1.88. The smallest absolute Gasteiger partial charge is 0.303 e. The van der Waals surface area contributed by atoms with Crippen molar-refractivity contribution in [2.45, 2.75) is 32.7 Å². The molecule has 0 radical (unpaired) electrons. The molecule has 0 saturated heterocycles. The molecule has 6 nitrogen and oxygen atoms in total. The van der Waals surface area contributed by atoms with Crippen LogP contribution in [0.3, 0.4) is 0 Å². The fourth-order valence-electron chi connectivity index (χ4n) is 1.88. The van der Waals surface area contributed by atoms with E-state index in [0.29, 0.717) is 18.1 Å². The molecule has 0 fully saturated rings. The normalized spacial score (nSPS) is 12.1. The molecule has 6 heteroatoms. The molecule has 1 aromatic carbocycles. The molecule has 20 heavy (non-hydrogen) atoms. The van der Waals surface area contributed by atoms with Gasteiger partial charge in [-0.1, -0.05) is 17.3 Å². The Bertz CT molecular complexity index is 595. The highest BCUT2D eigenvalue weighted by Crippen LogP contribution is 2.27. The van der Waals surface area contributed by atoms with Crippen molar-refractivity contribution >= 4 is 11.7 Å². The minimum Gasteiger partial charge on any atom is -0.481 e. The molecular formula is C14H17N3O3. The molecule has 1 atom stereocenters. The summed E-state index contributed by atoms with van der Waals surface area (Å²) in [5.74, 6) is 0.240. The first-order valence-electron chi connectivity index (χ1n) is 6.44. The lowest BCUT2D eigenvalue weighted by Crippen LogP contribution is -2.17. The van der Waals surface area contributed by atoms with Crippen molar-refractivity contribution in [3.05, 3.63) is 30.1 Å². The average molecular weight is 275 g/mol. The lowest BCUT2D eigenvalue weighted by atomic mass is 10.1. The number of hydrogen-bond donors (Lipinski definition) is 2. The minimum atomic E-state index is -0.792. The topological polar surface area (TPSA) is 88.2 Å². The van der Waals surface area contributed by atoms with Gasteiger partial charge in [0, 0.05) is 18.2 Å². The summed E-state index contributed by atoms with van der Waals surface area (Å²) < 4.78 is 5.18. The number of rotatable bonds is 6. The van der Waals surface area contributed by atoms with E-state index >= 15 is 0 Å². The summed E-state index contributed by atoms with van der Waals surface area (Å²) in [6.45, 7) is 3.71. The maximum atomic E-state index is 10.6. The Morgan fingerprint density at radius 1 is 1.45 bits per heavy atom. The number of nitrogens with zero attached hydrogens (tertiary/aromatic N) is 2. The molecular weight excluding hydrogens is 258 g/mol. The number of aromatic nitrogens is 2. The number of hydrogen-bond acceptors (Lipinski definition) is 5. The number of aryl methyl sites for hydroxylation is 1. The SMILES string of the molecule is Cc1noc(-c2ccccc2NC(C)CCC(=O)O)n1. The second-order valence-electron chi connectivity index (χ2n) is 4.67. The van der Waals surface area contributed by atoms with Gasteiger partial charge >= 0.3 is 5.97 Å². The Hall–Kier alpha value is -2.37. The van der Waals surface area contributed by atoms with Gasteiger partial charge in [-0.25, -0.2) is 0 Å². The van der Waals surface area contributed by atoms with Gasteiger partial charge in [0.1, 0.15) is 0 Å². The molecule has 2 N–H and O–H groups in total. The first-order valence-corrected chi connectivity index (χ1v) is 6.44. The Kier molecular flexibility index (Phi) is 4.34. The standard InChI is InChI=1S/C14H17N3O3/c1-9(7-8-13(18)19)15-12-6-4-3-5-11(12)14-16-10(2)17-20-14/h3-6,9,15H,7-8H2,1-2H3,(H,18,19). The van der Waals surface area contributed by atoms with Crippen LogP contribution in [0.4, 0.5) is 5.69 Å². The van der Waals surface area contributed by atoms with Gasteiger partial charge in [0.05, 0.1) is 5.56 Å². The zero-order valence-corrected chi connectivity index (χ0v) is 11.5. The van der Waals surface area contributed by atoms with Gasteiger partial charge in [-0.05, 0) is 32.4 Å². The van der Waals surface area contributed by atoms with Crippen LogP contribution in [-0.4, -0.2) is 27.3 Å². The Labute approximate surface area is 116 Å². The van der Waals surface area contributed by atoms with Crippen LogP contribution in [0.1, 0.15) is 25.6 Å². The second kappa shape index (κ2) is 6.18. The van der Waals surface area contributed by atoms with Crippen molar-refractivity contribution in [1.29, 1.82) is 0 Å². The highest BCUT2D eigenvalue weighted by Gasteiger charge is 2.13. The van der Waals surface area contributed by atoms with Crippen LogP contribution in [0.25, 0.3) is 11.5 Å². The first kappa shape index (κ1) is 14.0. The van der Waals surface area contributed by atoms with Gasteiger partial charge in [0.2, 0.25) is 0 Å². The molecule has 0 amide bonds.